The minimum absolute atomic E-state index is 0.0596. The Kier molecular flexibility index (Phi) is 5.17. The monoisotopic (exact) mass is 249 g/mol. The predicted molar refractivity (Wildman–Crippen MR) is 65.5 cm³/mol. The Morgan fingerprint density at radius 2 is 2.19 bits per heavy atom. The molecule has 0 aromatic heterocycles. The van der Waals surface area contributed by atoms with E-state index in [1.54, 1.807) is 0 Å². The van der Waals surface area contributed by atoms with Crippen LogP contribution in [0.25, 0.3) is 0 Å². The molecule has 1 saturated heterocycles. The first-order valence-corrected chi connectivity index (χ1v) is 7.40. The Morgan fingerprint density at radius 1 is 1.50 bits per heavy atom. The molecule has 0 saturated carbocycles. The number of likely N-dealkylation sites (N-methyl/N-ethyl adjacent to an activating group) is 1. The van der Waals surface area contributed by atoms with Gasteiger partial charge in [0.25, 0.3) is 10.2 Å². The SMILES string of the molecule is CCN(CC1CCCN1)S(=O)(=O)NC(C)C. The second-order valence-electron chi connectivity index (χ2n) is 4.52. The highest BCUT2D eigenvalue weighted by molar-refractivity contribution is 7.87. The molecular formula is C10H23N3O2S. The molecule has 0 aromatic carbocycles. The van der Waals surface area contributed by atoms with E-state index in [2.05, 4.69) is 10.0 Å². The molecule has 0 aliphatic carbocycles. The molecule has 6 heteroatoms. The summed E-state index contributed by atoms with van der Waals surface area (Å²) in [6.07, 6.45) is 2.20. The third-order valence-corrected chi connectivity index (χ3v) is 4.52. The standard InChI is InChI=1S/C10H23N3O2S/c1-4-13(8-10-6-5-7-11-10)16(14,15)12-9(2)3/h9-12H,4-8H2,1-3H3. The second-order valence-corrected chi connectivity index (χ2v) is 6.22. The predicted octanol–water partition coefficient (Wildman–Crippen LogP) is 0.303. The molecule has 1 aliphatic rings. The van der Waals surface area contributed by atoms with Crippen LogP contribution in [0, 0.1) is 0 Å². The Balaban J connectivity index is 2.58. The van der Waals surface area contributed by atoms with Crippen molar-refractivity contribution in [2.24, 2.45) is 0 Å². The lowest BCUT2D eigenvalue weighted by molar-refractivity contribution is 0.374. The number of hydrogen-bond acceptors (Lipinski definition) is 3. The summed E-state index contributed by atoms with van der Waals surface area (Å²) in [4.78, 5) is 0. The van der Waals surface area contributed by atoms with Crippen LogP contribution in [0.15, 0.2) is 0 Å². The summed E-state index contributed by atoms with van der Waals surface area (Å²) in [5.41, 5.74) is 0. The molecule has 2 N–H and O–H groups in total. The minimum Gasteiger partial charge on any atom is -0.313 e. The van der Waals surface area contributed by atoms with Gasteiger partial charge >= 0.3 is 0 Å². The van der Waals surface area contributed by atoms with Crippen molar-refractivity contribution in [2.75, 3.05) is 19.6 Å². The van der Waals surface area contributed by atoms with E-state index >= 15 is 0 Å². The van der Waals surface area contributed by atoms with E-state index in [1.807, 2.05) is 20.8 Å². The molecule has 0 amide bonds. The van der Waals surface area contributed by atoms with Crippen LogP contribution in [0.2, 0.25) is 0 Å². The second kappa shape index (κ2) is 5.95. The number of nitrogens with one attached hydrogen (secondary N) is 2. The first-order valence-electron chi connectivity index (χ1n) is 5.96. The van der Waals surface area contributed by atoms with Crippen molar-refractivity contribution in [3.05, 3.63) is 0 Å². The fourth-order valence-electron chi connectivity index (χ4n) is 1.93. The van der Waals surface area contributed by atoms with Crippen molar-refractivity contribution >= 4 is 10.2 Å². The third kappa shape index (κ3) is 4.01. The van der Waals surface area contributed by atoms with Crippen LogP contribution < -0.4 is 10.0 Å². The van der Waals surface area contributed by atoms with E-state index in [0.717, 1.165) is 19.4 Å². The van der Waals surface area contributed by atoms with Crippen LogP contribution in [0.4, 0.5) is 0 Å². The van der Waals surface area contributed by atoms with Gasteiger partial charge in [0.2, 0.25) is 0 Å². The van der Waals surface area contributed by atoms with Crippen LogP contribution in [-0.4, -0.2) is 44.4 Å². The van der Waals surface area contributed by atoms with Crippen molar-refractivity contribution in [2.45, 2.75) is 45.7 Å². The van der Waals surface area contributed by atoms with Crippen LogP contribution in [-0.2, 0) is 10.2 Å². The maximum atomic E-state index is 11.9. The first kappa shape index (κ1) is 13.9. The van der Waals surface area contributed by atoms with E-state index in [-0.39, 0.29) is 6.04 Å². The molecule has 0 radical (unpaired) electrons. The van der Waals surface area contributed by atoms with Crippen molar-refractivity contribution in [1.82, 2.24) is 14.3 Å². The normalized spacial score (nSPS) is 22.2. The fraction of sp³-hybridized carbons (Fsp3) is 1.00. The average molecular weight is 249 g/mol. The number of hydrogen-bond donors (Lipinski definition) is 2. The molecule has 16 heavy (non-hydrogen) atoms. The minimum atomic E-state index is -3.32. The Bertz CT molecular complexity index is 297. The topological polar surface area (TPSA) is 61.4 Å². The molecule has 1 unspecified atom stereocenters. The molecule has 5 nitrogen and oxygen atoms in total. The van der Waals surface area contributed by atoms with E-state index in [1.165, 1.54) is 4.31 Å². The Morgan fingerprint density at radius 3 is 2.62 bits per heavy atom. The summed E-state index contributed by atoms with van der Waals surface area (Å²) in [6, 6.07) is 0.249. The van der Waals surface area contributed by atoms with Gasteiger partial charge in [-0.05, 0) is 33.2 Å². The van der Waals surface area contributed by atoms with Gasteiger partial charge in [-0.15, -0.1) is 0 Å². The summed E-state index contributed by atoms with van der Waals surface area (Å²) in [7, 11) is -3.32. The summed E-state index contributed by atoms with van der Waals surface area (Å²) in [5.74, 6) is 0. The van der Waals surface area contributed by atoms with Crippen molar-refractivity contribution < 1.29 is 8.42 Å². The van der Waals surface area contributed by atoms with E-state index in [4.69, 9.17) is 0 Å². The smallest absolute Gasteiger partial charge is 0.279 e. The van der Waals surface area contributed by atoms with Crippen molar-refractivity contribution in [3.8, 4) is 0 Å². The van der Waals surface area contributed by atoms with Crippen LogP contribution in [0.1, 0.15) is 33.6 Å². The molecule has 1 heterocycles. The van der Waals surface area contributed by atoms with Gasteiger partial charge in [-0.3, -0.25) is 0 Å². The molecule has 0 bridgehead atoms. The summed E-state index contributed by atoms with van der Waals surface area (Å²) in [5, 5.41) is 3.31. The van der Waals surface area contributed by atoms with Gasteiger partial charge in [0.05, 0.1) is 0 Å². The van der Waals surface area contributed by atoms with Gasteiger partial charge in [-0.25, -0.2) is 0 Å². The molecule has 0 spiro atoms. The maximum Gasteiger partial charge on any atom is 0.279 e. The summed E-state index contributed by atoms with van der Waals surface area (Å²) in [6.45, 7) is 7.62. The lowest BCUT2D eigenvalue weighted by Crippen LogP contribution is -2.47. The number of nitrogens with zero attached hydrogens (tertiary/aromatic N) is 1. The lowest BCUT2D eigenvalue weighted by atomic mass is 10.2. The first-order chi connectivity index (χ1) is 7.45. The van der Waals surface area contributed by atoms with Crippen molar-refractivity contribution in [3.63, 3.8) is 0 Å². The van der Waals surface area contributed by atoms with Crippen molar-refractivity contribution in [1.29, 1.82) is 0 Å². The molecule has 1 aliphatic heterocycles. The fourth-order valence-corrected chi connectivity index (χ4v) is 3.39. The maximum absolute atomic E-state index is 11.9. The Labute approximate surface area is 98.8 Å². The Hall–Kier alpha value is -0.170. The average Bonchev–Trinajstić information content (AvgIpc) is 2.63. The zero-order valence-corrected chi connectivity index (χ0v) is 11.2. The molecule has 1 rings (SSSR count). The molecule has 1 fully saturated rings. The van der Waals surface area contributed by atoms with Crippen LogP contribution in [0.3, 0.4) is 0 Å². The third-order valence-electron chi connectivity index (χ3n) is 2.66. The van der Waals surface area contributed by atoms with Gasteiger partial charge in [-0.2, -0.15) is 17.4 Å². The summed E-state index contributed by atoms with van der Waals surface area (Å²) >= 11 is 0. The van der Waals surface area contributed by atoms with E-state index in [9.17, 15) is 8.42 Å². The largest absolute Gasteiger partial charge is 0.313 e. The van der Waals surface area contributed by atoms with Gasteiger partial charge in [0, 0.05) is 25.2 Å². The molecule has 96 valence electrons. The highest BCUT2D eigenvalue weighted by Crippen LogP contribution is 2.09. The van der Waals surface area contributed by atoms with Gasteiger partial charge in [0.15, 0.2) is 0 Å². The molecule has 0 aromatic rings. The zero-order valence-electron chi connectivity index (χ0n) is 10.4. The molecule has 1 atom stereocenters. The van der Waals surface area contributed by atoms with Crippen LogP contribution in [0.5, 0.6) is 0 Å². The highest BCUT2D eigenvalue weighted by Gasteiger charge is 2.25. The van der Waals surface area contributed by atoms with E-state index in [0.29, 0.717) is 19.1 Å². The van der Waals surface area contributed by atoms with Gasteiger partial charge in [-0.1, -0.05) is 6.92 Å². The quantitative estimate of drug-likeness (QED) is 0.712. The molecular weight excluding hydrogens is 226 g/mol. The van der Waals surface area contributed by atoms with Gasteiger partial charge < -0.3 is 5.32 Å². The lowest BCUT2D eigenvalue weighted by Gasteiger charge is -2.25. The highest BCUT2D eigenvalue weighted by atomic mass is 32.2. The summed E-state index contributed by atoms with van der Waals surface area (Å²) < 4.78 is 28.0. The number of rotatable bonds is 6. The zero-order chi connectivity index (χ0) is 12.2. The van der Waals surface area contributed by atoms with Crippen LogP contribution >= 0.6 is 0 Å². The van der Waals surface area contributed by atoms with E-state index < -0.39 is 10.2 Å². The van der Waals surface area contributed by atoms with Gasteiger partial charge in [0.1, 0.15) is 0 Å².